The Morgan fingerprint density at radius 1 is 1.19 bits per heavy atom. The van der Waals surface area contributed by atoms with Gasteiger partial charge < -0.3 is 15.3 Å². The lowest BCUT2D eigenvalue weighted by Gasteiger charge is -2.24. The molecule has 0 radical (unpaired) electrons. The normalized spacial score (nSPS) is 25.2. The summed E-state index contributed by atoms with van der Waals surface area (Å²) in [5, 5.41) is 29.8. The molecule has 5 heteroatoms. The van der Waals surface area contributed by atoms with Crippen molar-refractivity contribution < 1.29 is 20.1 Å². The molecule has 0 bridgehead atoms. The molecule has 0 spiro atoms. The first kappa shape index (κ1) is 25.9. The summed E-state index contributed by atoms with van der Waals surface area (Å²) in [4.78, 5) is 10.6. The van der Waals surface area contributed by atoms with Crippen molar-refractivity contribution in [1.29, 1.82) is 0 Å². The summed E-state index contributed by atoms with van der Waals surface area (Å²) >= 11 is 6.56. The molecule has 1 aromatic carbocycles. The van der Waals surface area contributed by atoms with E-state index in [1.807, 2.05) is 30.3 Å². The monoisotopic (exact) mass is 450 g/mol. The van der Waals surface area contributed by atoms with Gasteiger partial charge in [0.2, 0.25) is 0 Å². The third-order valence-electron chi connectivity index (χ3n) is 6.25. The van der Waals surface area contributed by atoms with Gasteiger partial charge in [0.25, 0.3) is 0 Å². The van der Waals surface area contributed by atoms with Crippen LogP contribution in [0.15, 0.2) is 36.4 Å². The smallest absolute Gasteiger partial charge is 0.303 e. The molecule has 4 nitrogen and oxygen atoms in total. The van der Waals surface area contributed by atoms with E-state index in [1.54, 1.807) is 0 Å². The van der Waals surface area contributed by atoms with E-state index in [-0.39, 0.29) is 29.0 Å². The standard InChI is InChI=1S/C26H39ClO4/c1-26(2,3)16-8-10-22(28)18-12-14-19(15-13-18)25-20(21(27)17-23(25)29)9-6-4-5-7-11-24(30)31/h4,6,12-15,20-23,25,28-29H,5,7-11,16-17H2,1-3H3,(H,30,31)/b6-4-/t20-,21+,22?,23?,25+/m0/s1. The Balaban J connectivity index is 1.95. The van der Waals surface area contributed by atoms with E-state index in [0.717, 1.165) is 43.2 Å². The Hall–Kier alpha value is -1.36. The van der Waals surface area contributed by atoms with E-state index in [2.05, 4.69) is 26.8 Å². The van der Waals surface area contributed by atoms with E-state index in [1.165, 1.54) is 0 Å². The van der Waals surface area contributed by atoms with Crippen molar-refractivity contribution in [3.05, 3.63) is 47.5 Å². The molecule has 3 N–H and O–H groups in total. The van der Waals surface area contributed by atoms with Crippen molar-refractivity contribution in [1.82, 2.24) is 0 Å². The van der Waals surface area contributed by atoms with Crippen molar-refractivity contribution in [3.63, 3.8) is 0 Å². The van der Waals surface area contributed by atoms with Gasteiger partial charge in [0, 0.05) is 17.7 Å². The van der Waals surface area contributed by atoms with Gasteiger partial charge in [-0.15, -0.1) is 11.6 Å². The predicted octanol–water partition coefficient (Wildman–Crippen LogP) is 6.21. The maximum absolute atomic E-state index is 10.6. The highest BCUT2D eigenvalue weighted by Crippen LogP contribution is 2.45. The Morgan fingerprint density at radius 2 is 1.87 bits per heavy atom. The number of aliphatic carboxylic acids is 1. The topological polar surface area (TPSA) is 77.8 Å². The molecule has 31 heavy (non-hydrogen) atoms. The minimum Gasteiger partial charge on any atom is -0.481 e. The Morgan fingerprint density at radius 3 is 2.48 bits per heavy atom. The van der Waals surface area contributed by atoms with Crippen LogP contribution in [0, 0.1) is 11.3 Å². The maximum Gasteiger partial charge on any atom is 0.303 e. The average molecular weight is 451 g/mol. The van der Waals surface area contributed by atoms with E-state index in [0.29, 0.717) is 12.8 Å². The third-order valence-corrected chi connectivity index (χ3v) is 6.76. The summed E-state index contributed by atoms with van der Waals surface area (Å²) in [5.74, 6) is -0.663. The first-order chi connectivity index (χ1) is 14.6. The Kier molecular flexibility index (Phi) is 10.1. The zero-order valence-corrected chi connectivity index (χ0v) is 19.9. The van der Waals surface area contributed by atoms with Crippen LogP contribution in [0.5, 0.6) is 0 Å². The average Bonchev–Trinajstić information content (AvgIpc) is 2.96. The first-order valence-corrected chi connectivity index (χ1v) is 12.0. The van der Waals surface area contributed by atoms with Gasteiger partial charge in [-0.2, -0.15) is 0 Å². The number of hydrogen-bond donors (Lipinski definition) is 3. The molecule has 0 aliphatic heterocycles. The number of allylic oxidation sites excluding steroid dienone is 2. The van der Waals surface area contributed by atoms with Crippen LogP contribution in [0.1, 0.15) is 95.3 Å². The van der Waals surface area contributed by atoms with Crippen molar-refractivity contribution in [2.24, 2.45) is 11.3 Å². The van der Waals surface area contributed by atoms with Crippen molar-refractivity contribution in [2.75, 3.05) is 0 Å². The van der Waals surface area contributed by atoms with Crippen LogP contribution in [0.3, 0.4) is 0 Å². The number of alkyl halides is 1. The summed E-state index contributed by atoms with van der Waals surface area (Å²) in [6, 6.07) is 8.00. The summed E-state index contributed by atoms with van der Waals surface area (Å²) in [5.41, 5.74) is 2.26. The number of rotatable bonds is 11. The highest BCUT2D eigenvalue weighted by molar-refractivity contribution is 6.21. The quantitative estimate of drug-likeness (QED) is 0.213. The zero-order chi connectivity index (χ0) is 23.0. The van der Waals surface area contributed by atoms with Gasteiger partial charge in [0.1, 0.15) is 0 Å². The number of unbranched alkanes of at least 4 members (excludes halogenated alkanes) is 1. The Labute approximate surface area is 192 Å². The fourth-order valence-corrected chi connectivity index (χ4v) is 4.94. The molecule has 1 aliphatic rings. The van der Waals surface area contributed by atoms with Crippen molar-refractivity contribution in [2.45, 2.75) is 95.6 Å². The number of aliphatic hydroxyl groups is 2. The predicted molar refractivity (Wildman–Crippen MR) is 126 cm³/mol. The largest absolute Gasteiger partial charge is 0.481 e. The van der Waals surface area contributed by atoms with Gasteiger partial charge in [0.15, 0.2) is 0 Å². The fraction of sp³-hybridized carbons (Fsp3) is 0.654. The lowest BCUT2D eigenvalue weighted by atomic mass is 9.84. The van der Waals surface area contributed by atoms with Crippen LogP contribution in [-0.4, -0.2) is 32.8 Å². The van der Waals surface area contributed by atoms with Crippen molar-refractivity contribution >= 4 is 17.6 Å². The molecule has 0 heterocycles. The SMILES string of the molecule is CC(C)(C)CCCC(O)c1ccc([C@H]2C(O)C[C@@H](Cl)[C@@H]2C/C=C\CCCC(=O)O)cc1. The zero-order valence-electron chi connectivity index (χ0n) is 19.1. The molecule has 0 amide bonds. The summed E-state index contributed by atoms with van der Waals surface area (Å²) < 4.78 is 0. The number of benzene rings is 1. The molecule has 1 fully saturated rings. The molecule has 0 aromatic heterocycles. The number of carbonyl (C=O) groups is 1. The second-order valence-corrected chi connectivity index (χ2v) is 10.7. The fourth-order valence-electron chi connectivity index (χ4n) is 4.50. The van der Waals surface area contributed by atoms with Gasteiger partial charge >= 0.3 is 5.97 Å². The molecule has 0 saturated heterocycles. The lowest BCUT2D eigenvalue weighted by molar-refractivity contribution is -0.137. The van der Waals surface area contributed by atoms with Gasteiger partial charge in [-0.05, 0) is 61.0 Å². The number of carboxylic acids is 1. The minimum absolute atomic E-state index is 0.0294. The third kappa shape index (κ3) is 8.59. The van der Waals surface area contributed by atoms with Crippen molar-refractivity contribution in [3.8, 4) is 0 Å². The first-order valence-electron chi connectivity index (χ1n) is 11.6. The highest BCUT2D eigenvalue weighted by atomic mass is 35.5. The van der Waals surface area contributed by atoms with Crippen LogP contribution < -0.4 is 0 Å². The molecule has 174 valence electrons. The molecular weight excluding hydrogens is 412 g/mol. The van der Waals surface area contributed by atoms with Gasteiger partial charge in [0.05, 0.1) is 12.2 Å². The molecular formula is C26H39ClO4. The van der Waals surface area contributed by atoms with Gasteiger partial charge in [-0.1, -0.05) is 63.6 Å². The van der Waals surface area contributed by atoms with E-state index >= 15 is 0 Å². The summed E-state index contributed by atoms with van der Waals surface area (Å²) in [6.07, 6.45) is 8.86. The van der Waals surface area contributed by atoms with Crippen LogP contribution in [0.4, 0.5) is 0 Å². The Bertz CT molecular complexity index is 707. The molecule has 2 unspecified atom stereocenters. The van der Waals surface area contributed by atoms with Gasteiger partial charge in [-0.3, -0.25) is 4.79 Å². The molecule has 1 saturated carbocycles. The second kappa shape index (κ2) is 12.0. The van der Waals surface area contributed by atoms with Crippen LogP contribution in [-0.2, 0) is 4.79 Å². The maximum atomic E-state index is 10.6. The second-order valence-electron chi connectivity index (χ2n) is 10.1. The molecule has 1 aliphatic carbocycles. The number of hydrogen-bond acceptors (Lipinski definition) is 3. The molecule has 2 rings (SSSR count). The van der Waals surface area contributed by atoms with E-state index in [9.17, 15) is 15.0 Å². The van der Waals surface area contributed by atoms with E-state index < -0.39 is 18.2 Å². The molecule has 1 aromatic rings. The number of aliphatic hydroxyl groups excluding tert-OH is 2. The van der Waals surface area contributed by atoms with Crippen LogP contribution in [0.2, 0.25) is 0 Å². The number of halogens is 1. The number of carboxylic acid groups (broad SMARTS) is 1. The van der Waals surface area contributed by atoms with Gasteiger partial charge in [-0.25, -0.2) is 0 Å². The highest BCUT2D eigenvalue weighted by Gasteiger charge is 2.41. The van der Waals surface area contributed by atoms with E-state index in [4.69, 9.17) is 16.7 Å². The summed E-state index contributed by atoms with van der Waals surface area (Å²) in [7, 11) is 0. The van der Waals surface area contributed by atoms with Crippen LogP contribution in [0.25, 0.3) is 0 Å². The lowest BCUT2D eigenvalue weighted by Crippen LogP contribution is -2.18. The molecule has 5 atom stereocenters. The summed E-state index contributed by atoms with van der Waals surface area (Å²) in [6.45, 7) is 6.65. The van der Waals surface area contributed by atoms with Crippen LogP contribution >= 0.6 is 11.6 Å². The minimum atomic E-state index is -0.768.